The molecule has 0 spiro atoms. The van der Waals surface area contributed by atoms with Gasteiger partial charge in [0, 0.05) is 18.5 Å². The van der Waals surface area contributed by atoms with Gasteiger partial charge < -0.3 is 9.42 Å². The fourth-order valence-electron chi connectivity index (χ4n) is 1.17. The summed E-state index contributed by atoms with van der Waals surface area (Å²) in [6, 6.07) is 1.40. The van der Waals surface area contributed by atoms with E-state index in [4.69, 9.17) is 16.1 Å². The minimum Gasteiger partial charge on any atom is -0.361 e. The first kappa shape index (κ1) is 12.9. The van der Waals surface area contributed by atoms with Crippen molar-refractivity contribution < 1.29 is 18.1 Å². The van der Waals surface area contributed by atoms with Crippen molar-refractivity contribution in [3.05, 3.63) is 17.5 Å². The molecule has 0 aliphatic rings. The van der Waals surface area contributed by atoms with Crippen LogP contribution in [0.1, 0.15) is 16.2 Å². The quantitative estimate of drug-likeness (QED) is 0.753. The van der Waals surface area contributed by atoms with Crippen molar-refractivity contribution in [2.75, 3.05) is 19.0 Å². The summed E-state index contributed by atoms with van der Waals surface area (Å²) in [5, 5.41) is 3.47. The van der Waals surface area contributed by atoms with Crippen LogP contribution in [0.5, 0.6) is 0 Å². The number of carbonyl (C=O) groups excluding carboxylic acids is 1. The van der Waals surface area contributed by atoms with Crippen molar-refractivity contribution in [1.82, 2.24) is 10.1 Å². The van der Waals surface area contributed by atoms with Crippen LogP contribution >= 0.6 is 11.6 Å². The second-order valence-electron chi connectivity index (χ2n) is 3.15. The van der Waals surface area contributed by atoms with Gasteiger partial charge in [-0.1, -0.05) is 5.16 Å². The van der Waals surface area contributed by atoms with E-state index in [9.17, 15) is 13.6 Å². The molecular formula is C9H11ClF2N2O2. The minimum absolute atomic E-state index is 0.0169. The van der Waals surface area contributed by atoms with E-state index >= 15 is 0 Å². The fourth-order valence-corrected chi connectivity index (χ4v) is 1.38. The zero-order valence-corrected chi connectivity index (χ0v) is 9.38. The summed E-state index contributed by atoms with van der Waals surface area (Å²) in [6.45, 7) is 1.01. The lowest BCUT2D eigenvalue weighted by Gasteiger charge is -2.19. The molecule has 1 rings (SSSR count). The molecule has 0 aliphatic carbocycles. The van der Waals surface area contributed by atoms with Gasteiger partial charge in [-0.15, -0.1) is 11.6 Å². The molecule has 1 heterocycles. The maximum absolute atomic E-state index is 12.2. The van der Waals surface area contributed by atoms with E-state index in [1.165, 1.54) is 6.07 Å². The Bertz CT molecular complexity index is 357. The van der Waals surface area contributed by atoms with Crippen LogP contribution in [-0.2, 0) is 0 Å². The number of nitrogens with zero attached hydrogens (tertiary/aromatic N) is 2. The third-order valence-electron chi connectivity index (χ3n) is 1.85. The molecular weight excluding hydrogens is 242 g/mol. The van der Waals surface area contributed by atoms with Crippen LogP contribution in [0.4, 0.5) is 8.78 Å². The van der Waals surface area contributed by atoms with E-state index in [0.717, 1.165) is 4.90 Å². The summed E-state index contributed by atoms with van der Waals surface area (Å²) in [7, 11) is 0. The number of hydrogen-bond acceptors (Lipinski definition) is 3. The van der Waals surface area contributed by atoms with E-state index in [1.807, 2.05) is 0 Å². The average molecular weight is 253 g/mol. The van der Waals surface area contributed by atoms with Gasteiger partial charge in [0.25, 0.3) is 12.3 Å². The van der Waals surface area contributed by atoms with E-state index < -0.39 is 18.9 Å². The predicted octanol–water partition coefficient (Wildman–Crippen LogP) is 1.93. The number of hydrogen-bond donors (Lipinski definition) is 0. The molecule has 0 unspecified atom stereocenters. The fraction of sp³-hybridized carbons (Fsp3) is 0.556. The average Bonchev–Trinajstić information content (AvgIpc) is 2.62. The van der Waals surface area contributed by atoms with Crippen molar-refractivity contribution in [1.29, 1.82) is 0 Å². The van der Waals surface area contributed by atoms with Gasteiger partial charge in [0.15, 0.2) is 5.69 Å². The van der Waals surface area contributed by atoms with Crippen molar-refractivity contribution in [3.8, 4) is 0 Å². The number of aryl methyl sites for hydroxylation is 1. The third kappa shape index (κ3) is 3.44. The first-order valence-electron chi connectivity index (χ1n) is 4.61. The smallest absolute Gasteiger partial charge is 0.276 e. The van der Waals surface area contributed by atoms with Crippen LogP contribution in [0, 0.1) is 6.92 Å². The summed E-state index contributed by atoms with van der Waals surface area (Å²) in [4.78, 5) is 12.6. The highest BCUT2D eigenvalue weighted by Crippen LogP contribution is 2.08. The summed E-state index contributed by atoms with van der Waals surface area (Å²) < 4.78 is 29.1. The van der Waals surface area contributed by atoms with Crippen molar-refractivity contribution in [3.63, 3.8) is 0 Å². The standard InChI is InChI=1S/C9H11ClF2N2O2/c1-6-4-7(13-16-6)9(15)14(3-2-10)5-8(11)12/h4,8H,2-3,5H2,1H3. The molecule has 0 saturated heterocycles. The SMILES string of the molecule is Cc1cc(C(=O)N(CCCl)CC(F)F)no1. The van der Waals surface area contributed by atoms with Crippen molar-refractivity contribution in [2.24, 2.45) is 0 Å². The Labute approximate surface area is 96.1 Å². The summed E-state index contributed by atoms with van der Waals surface area (Å²) in [6.07, 6.45) is -2.60. The lowest BCUT2D eigenvalue weighted by molar-refractivity contribution is 0.0562. The highest BCUT2D eigenvalue weighted by molar-refractivity contribution is 6.18. The molecule has 1 amide bonds. The van der Waals surface area contributed by atoms with Gasteiger partial charge in [-0.25, -0.2) is 8.78 Å². The molecule has 7 heteroatoms. The number of aromatic nitrogens is 1. The topological polar surface area (TPSA) is 46.3 Å². The predicted molar refractivity (Wildman–Crippen MR) is 53.9 cm³/mol. The zero-order chi connectivity index (χ0) is 12.1. The maximum atomic E-state index is 12.2. The zero-order valence-electron chi connectivity index (χ0n) is 8.62. The molecule has 1 aromatic rings. The molecule has 4 nitrogen and oxygen atoms in total. The minimum atomic E-state index is -2.60. The van der Waals surface area contributed by atoms with Gasteiger partial charge in [0.2, 0.25) is 0 Å². The summed E-state index contributed by atoms with van der Waals surface area (Å²) >= 11 is 5.43. The normalized spacial score (nSPS) is 10.8. The van der Waals surface area contributed by atoms with Crippen LogP contribution in [0.25, 0.3) is 0 Å². The van der Waals surface area contributed by atoms with E-state index in [-0.39, 0.29) is 18.1 Å². The number of carbonyl (C=O) groups is 1. The van der Waals surface area contributed by atoms with Crippen LogP contribution in [0.15, 0.2) is 10.6 Å². The largest absolute Gasteiger partial charge is 0.361 e. The van der Waals surface area contributed by atoms with Gasteiger partial charge in [-0.3, -0.25) is 4.79 Å². The molecule has 0 saturated carbocycles. The Hall–Kier alpha value is -1.17. The number of halogens is 3. The first-order chi connectivity index (χ1) is 7.54. The first-order valence-corrected chi connectivity index (χ1v) is 5.14. The molecule has 0 aliphatic heterocycles. The Morgan fingerprint density at radius 2 is 2.38 bits per heavy atom. The van der Waals surface area contributed by atoms with Crippen molar-refractivity contribution >= 4 is 17.5 Å². The van der Waals surface area contributed by atoms with Gasteiger partial charge in [0.05, 0.1) is 6.54 Å². The molecule has 90 valence electrons. The van der Waals surface area contributed by atoms with E-state index in [1.54, 1.807) is 6.92 Å². The highest BCUT2D eigenvalue weighted by atomic mass is 35.5. The molecule has 0 N–H and O–H groups in total. The Balaban J connectivity index is 2.74. The van der Waals surface area contributed by atoms with Gasteiger partial charge in [-0.05, 0) is 6.92 Å². The number of alkyl halides is 3. The lowest BCUT2D eigenvalue weighted by atomic mass is 10.3. The van der Waals surface area contributed by atoms with Gasteiger partial charge in [0.1, 0.15) is 5.76 Å². The van der Waals surface area contributed by atoms with Crippen LogP contribution in [-0.4, -0.2) is 41.4 Å². The van der Waals surface area contributed by atoms with Crippen LogP contribution < -0.4 is 0 Å². The van der Waals surface area contributed by atoms with E-state index in [0.29, 0.717) is 5.76 Å². The van der Waals surface area contributed by atoms with Crippen LogP contribution in [0.3, 0.4) is 0 Å². The molecule has 0 fully saturated rings. The number of amides is 1. The Kier molecular flexibility index (Phi) is 4.67. The molecule has 1 aromatic heterocycles. The summed E-state index contributed by atoms with van der Waals surface area (Å²) in [5.74, 6) is -0.0565. The van der Waals surface area contributed by atoms with Crippen LogP contribution in [0.2, 0.25) is 0 Å². The second-order valence-corrected chi connectivity index (χ2v) is 3.53. The molecule has 0 atom stereocenters. The second kappa shape index (κ2) is 5.79. The van der Waals surface area contributed by atoms with Gasteiger partial charge >= 0.3 is 0 Å². The Morgan fingerprint density at radius 3 is 2.81 bits per heavy atom. The molecule has 16 heavy (non-hydrogen) atoms. The maximum Gasteiger partial charge on any atom is 0.276 e. The van der Waals surface area contributed by atoms with Crippen molar-refractivity contribution in [2.45, 2.75) is 13.3 Å². The Morgan fingerprint density at radius 1 is 1.69 bits per heavy atom. The lowest BCUT2D eigenvalue weighted by Crippen LogP contribution is -2.36. The molecule has 0 radical (unpaired) electrons. The van der Waals surface area contributed by atoms with E-state index in [2.05, 4.69) is 5.16 Å². The third-order valence-corrected chi connectivity index (χ3v) is 2.02. The highest BCUT2D eigenvalue weighted by Gasteiger charge is 2.21. The molecule has 0 aromatic carbocycles. The molecule has 0 bridgehead atoms. The number of rotatable bonds is 5. The van der Waals surface area contributed by atoms with Gasteiger partial charge in [-0.2, -0.15) is 0 Å². The summed E-state index contributed by atoms with van der Waals surface area (Å²) in [5.41, 5.74) is 0.0169. The monoisotopic (exact) mass is 252 g/mol.